The molecule has 2 N–H and O–H groups in total. The molecule has 16 heavy (non-hydrogen) atoms. The van der Waals surface area contributed by atoms with Gasteiger partial charge in [-0.2, -0.15) is 0 Å². The topological polar surface area (TPSA) is 50.4 Å². The number of rotatable bonds is 3. The van der Waals surface area contributed by atoms with Gasteiger partial charge in [-0.25, -0.2) is 0 Å². The summed E-state index contributed by atoms with van der Waals surface area (Å²) in [6.45, 7) is 3.83. The van der Waals surface area contributed by atoms with Crippen molar-refractivity contribution < 1.29 is 9.53 Å². The fourth-order valence-electron chi connectivity index (χ4n) is 2.52. The Kier molecular flexibility index (Phi) is 4.18. The van der Waals surface area contributed by atoms with Crippen molar-refractivity contribution in [1.29, 1.82) is 0 Å². The van der Waals surface area contributed by atoms with E-state index in [0.717, 1.165) is 38.8 Å². The summed E-state index contributed by atoms with van der Waals surface area (Å²) in [5.74, 6) is 0.191. The third-order valence-electron chi connectivity index (χ3n) is 3.56. The Morgan fingerprint density at radius 1 is 1.44 bits per heavy atom. The fourth-order valence-corrected chi connectivity index (χ4v) is 2.52. The van der Waals surface area contributed by atoms with Gasteiger partial charge in [-0.05, 0) is 25.7 Å². The second kappa shape index (κ2) is 5.64. The average Bonchev–Trinajstić information content (AvgIpc) is 2.32. The van der Waals surface area contributed by atoms with E-state index in [1.165, 1.54) is 0 Å². The third-order valence-corrected chi connectivity index (χ3v) is 3.56. The third kappa shape index (κ3) is 3.19. The van der Waals surface area contributed by atoms with Crippen molar-refractivity contribution in [2.24, 2.45) is 0 Å². The molecule has 3 atom stereocenters. The number of carbonyl (C=O) groups excluding carboxylic acids is 1. The number of amides is 1. The molecular weight excluding hydrogens is 204 g/mol. The van der Waals surface area contributed by atoms with Crippen LogP contribution in [0.25, 0.3) is 0 Å². The highest BCUT2D eigenvalue weighted by Crippen LogP contribution is 2.17. The van der Waals surface area contributed by atoms with Gasteiger partial charge in [0.05, 0.1) is 6.10 Å². The summed E-state index contributed by atoms with van der Waals surface area (Å²) < 4.78 is 5.65. The summed E-state index contributed by atoms with van der Waals surface area (Å²) >= 11 is 0. The molecule has 3 unspecified atom stereocenters. The molecule has 0 radical (unpaired) electrons. The molecule has 0 bridgehead atoms. The van der Waals surface area contributed by atoms with Crippen molar-refractivity contribution in [3.8, 4) is 0 Å². The number of carbonyl (C=O) groups is 1. The monoisotopic (exact) mass is 226 g/mol. The van der Waals surface area contributed by atoms with Gasteiger partial charge in [0, 0.05) is 31.7 Å². The van der Waals surface area contributed by atoms with Crippen molar-refractivity contribution in [2.75, 3.05) is 13.2 Å². The highest BCUT2D eigenvalue weighted by atomic mass is 16.5. The van der Waals surface area contributed by atoms with Gasteiger partial charge in [0.1, 0.15) is 0 Å². The fraction of sp³-hybridized carbons (Fsp3) is 0.917. The zero-order valence-corrected chi connectivity index (χ0v) is 10.00. The van der Waals surface area contributed by atoms with Crippen LogP contribution in [0.15, 0.2) is 0 Å². The first-order valence-electron chi connectivity index (χ1n) is 6.42. The SMILES string of the molecule is CCC1CC(NC2CCC(=O)NC2)CCO1. The summed E-state index contributed by atoms with van der Waals surface area (Å²) in [5.41, 5.74) is 0. The van der Waals surface area contributed by atoms with E-state index in [2.05, 4.69) is 17.6 Å². The lowest BCUT2D eigenvalue weighted by Crippen LogP contribution is -2.51. The van der Waals surface area contributed by atoms with E-state index in [1.54, 1.807) is 0 Å². The summed E-state index contributed by atoms with van der Waals surface area (Å²) in [4.78, 5) is 11.0. The number of ether oxygens (including phenoxy) is 1. The smallest absolute Gasteiger partial charge is 0.220 e. The molecule has 0 spiro atoms. The minimum absolute atomic E-state index is 0.191. The van der Waals surface area contributed by atoms with Crippen LogP contribution in [0.4, 0.5) is 0 Å². The maximum absolute atomic E-state index is 11.0. The van der Waals surface area contributed by atoms with Gasteiger partial charge in [-0.1, -0.05) is 6.92 Å². The second-order valence-electron chi connectivity index (χ2n) is 4.83. The van der Waals surface area contributed by atoms with Crippen LogP contribution in [0.5, 0.6) is 0 Å². The number of hydrogen-bond acceptors (Lipinski definition) is 3. The Morgan fingerprint density at radius 3 is 3.00 bits per heavy atom. The largest absolute Gasteiger partial charge is 0.378 e. The molecule has 0 aromatic carbocycles. The van der Waals surface area contributed by atoms with E-state index >= 15 is 0 Å². The Morgan fingerprint density at radius 2 is 2.31 bits per heavy atom. The first-order chi connectivity index (χ1) is 7.78. The van der Waals surface area contributed by atoms with Crippen molar-refractivity contribution in [2.45, 2.75) is 57.2 Å². The maximum Gasteiger partial charge on any atom is 0.220 e. The van der Waals surface area contributed by atoms with Gasteiger partial charge in [-0.3, -0.25) is 4.79 Å². The Hall–Kier alpha value is -0.610. The number of piperidine rings is 1. The molecular formula is C12H22N2O2. The molecule has 2 saturated heterocycles. The molecule has 4 heteroatoms. The molecule has 2 heterocycles. The molecule has 2 fully saturated rings. The summed E-state index contributed by atoms with van der Waals surface area (Å²) in [5, 5.41) is 6.56. The summed E-state index contributed by atoms with van der Waals surface area (Å²) in [7, 11) is 0. The summed E-state index contributed by atoms with van der Waals surface area (Å²) in [6.07, 6.45) is 5.36. The van der Waals surface area contributed by atoms with Gasteiger partial charge in [-0.15, -0.1) is 0 Å². The van der Waals surface area contributed by atoms with Crippen LogP contribution < -0.4 is 10.6 Å². The zero-order chi connectivity index (χ0) is 11.4. The predicted octanol–water partition coefficient (Wildman–Crippen LogP) is 0.812. The molecule has 0 aliphatic carbocycles. The molecule has 0 aromatic rings. The average molecular weight is 226 g/mol. The first-order valence-corrected chi connectivity index (χ1v) is 6.42. The first kappa shape index (κ1) is 11.9. The van der Waals surface area contributed by atoms with Crippen LogP contribution in [0.2, 0.25) is 0 Å². The van der Waals surface area contributed by atoms with E-state index in [-0.39, 0.29) is 5.91 Å². The van der Waals surface area contributed by atoms with Gasteiger partial charge < -0.3 is 15.4 Å². The molecule has 92 valence electrons. The van der Waals surface area contributed by atoms with Crippen LogP contribution in [0.3, 0.4) is 0 Å². The molecule has 0 aromatic heterocycles. The molecule has 2 rings (SSSR count). The van der Waals surface area contributed by atoms with Crippen LogP contribution in [0.1, 0.15) is 39.0 Å². The van der Waals surface area contributed by atoms with E-state index in [4.69, 9.17) is 4.74 Å². The van der Waals surface area contributed by atoms with E-state index in [9.17, 15) is 4.79 Å². The molecule has 4 nitrogen and oxygen atoms in total. The maximum atomic E-state index is 11.0. The normalized spacial score (nSPS) is 35.8. The van der Waals surface area contributed by atoms with Crippen molar-refractivity contribution in [1.82, 2.24) is 10.6 Å². The molecule has 2 aliphatic heterocycles. The van der Waals surface area contributed by atoms with Crippen molar-refractivity contribution in [3.63, 3.8) is 0 Å². The molecule has 1 amide bonds. The van der Waals surface area contributed by atoms with Gasteiger partial charge >= 0.3 is 0 Å². The van der Waals surface area contributed by atoms with E-state index in [1.807, 2.05) is 0 Å². The minimum atomic E-state index is 0.191. The van der Waals surface area contributed by atoms with Crippen LogP contribution in [-0.2, 0) is 9.53 Å². The zero-order valence-electron chi connectivity index (χ0n) is 10.00. The highest BCUT2D eigenvalue weighted by Gasteiger charge is 2.25. The van der Waals surface area contributed by atoms with E-state index in [0.29, 0.717) is 24.6 Å². The standard InChI is InChI=1S/C12H22N2O2/c1-2-11-7-9(5-6-16-11)14-10-3-4-12(15)13-8-10/h9-11,14H,2-8H2,1H3,(H,13,15). The summed E-state index contributed by atoms with van der Waals surface area (Å²) in [6, 6.07) is 1.03. The number of nitrogens with one attached hydrogen (secondary N) is 2. The lowest BCUT2D eigenvalue weighted by atomic mass is 9.98. The van der Waals surface area contributed by atoms with Crippen molar-refractivity contribution >= 4 is 5.91 Å². The van der Waals surface area contributed by atoms with Gasteiger partial charge in [0.15, 0.2) is 0 Å². The lowest BCUT2D eigenvalue weighted by Gasteiger charge is -2.34. The van der Waals surface area contributed by atoms with Gasteiger partial charge in [0.2, 0.25) is 5.91 Å². The quantitative estimate of drug-likeness (QED) is 0.749. The Labute approximate surface area is 97.1 Å². The van der Waals surface area contributed by atoms with Crippen LogP contribution >= 0.6 is 0 Å². The Bertz CT molecular complexity index is 235. The van der Waals surface area contributed by atoms with Crippen molar-refractivity contribution in [3.05, 3.63) is 0 Å². The minimum Gasteiger partial charge on any atom is -0.378 e. The molecule has 0 saturated carbocycles. The predicted molar refractivity (Wildman–Crippen MR) is 62.2 cm³/mol. The Balaban J connectivity index is 1.74. The van der Waals surface area contributed by atoms with Gasteiger partial charge in [0.25, 0.3) is 0 Å². The van der Waals surface area contributed by atoms with Crippen LogP contribution in [0, 0.1) is 0 Å². The second-order valence-corrected chi connectivity index (χ2v) is 4.83. The highest BCUT2D eigenvalue weighted by molar-refractivity contribution is 5.76. The van der Waals surface area contributed by atoms with E-state index < -0.39 is 0 Å². The van der Waals surface area contributed by atoms with Crippen LogP contribution in [-0.4, -0.2) is 37.2 Å². The molecule has 2 aliphatic rings. The lowest BCUT2D eigenvalue weighted by molar-refractivity contribution is -0.122. The number of hydrogen-bond donors (Lipinski definition) is 2.